The highest BCUT2D eigenvalue weighted by Gasteiger charge is 2.22. The lowest BCUT2D eigenvalue weighted by Gasteiger charge is -2.27. The Hall–Kier alpha value is -1.60. The van der Waals surface area contributed by atoms with Crippen LogP contribution in [0.25, 0.3) is 0 Å². The lowest BCUT2D eigenvalue weighted by atomic mass is 9.91. The first-order chi connectivity index (χ1) is 11.0. The van der Waals surface area contributed by atoms with Gasteiger partial charge in [0.2, 0.25) is 5.91 Å². The van der Waals surface area contributed by atoms with E-state index in [1.165, 1.54) is 0 Å². The molecule has 0 heterocycles. The maximum atomic E-state index is 12.6. The van der Waals surface area contributed by atoms with Crippen LogP contribution in [0.3, 0.4) is 0 Å². The van der Waals surface area contributed by atoms with Crippen LogP contribution in [0.2, 0.25) is 0 Å². The third-order valence-electron chi connectivity index (χ3n) is 3.17. The van der Waals surface area contributed by atoms with Crippen molar-refractivity contribution in [2.75, 3.05) is 26.5 Å². The fraction of sp³-hybridized carbons (Fsp3) is 0.588. The molecule has 1 amide bonds. The Morgan fingerprint density at radius 2 is 1.83 bits per heavy atom. The van der Waals surface area contributed by atoms with Gasteiger partial charge in [-0.15, -0.1) is 0 Å². The number of ether oxygens (including phenoxy) is 1. The monoisotopic (exact) mass is 357 g/mol. The molecule has 0 aliphatic heterocycles. The zero-order valence-electron chi connectivity index (χ0n) is 15.0. The van der Waals surface area contributed by atoms with Crippen LogP contribution in [0.4, 0.5) is 0 Å². The molecule has 136 valence electrons. The molecule has 0 N–H and O–H groups in total. The summed E-state index contributed by atoms with van der Waals surface area (Å²) in [7, 11) is -2.05. The van der Waals surface area contributed by atoms with Crippen LogP contribution in [-0.2, 0) is 26.2 Å². The van der Waals surface area contributed by atoms with Gasteiger partial charge < -0.3 is 13.8 Å². The predicted molar refractivity (Wildman–Crippen MR) is 93.3 cm³/mol. The highest BCUT2D eigenvalue weighted by molar-refractivity contribution is 7.86. The molecule has 24 heavy (non-hydrogen) atoms. The van der Waals surface area contributed by atoms with Gasteiger partial charge in [0.15, 0.2) is 0 Å². The van der Waals surface area contributed by atoms with Gasteiger partial charge in [0.25, 0.3) is 0 Å². The number of benzene rings is 1. The van der Waals surface area contributed by atoms with E-state index in [0.29, 0.717) is 25.1 Å². The zero-order chi connectivity index (χ0) is 18.4. The van der Waals surface area contributed by atoms with E-state index in [1.807, 2.05) is 20.8 Å². The lowest BCUT2D eigenvalue weighted by molar-refractivity contribution is -0.134. The Labute approximate surface area is 144 Å². The first-order valence-electron chi connectivity index (χ1n) is 7.76. The molecular weight excluding hydrogens is 330 g/mol. The molecule has 7 heteroatoms. The molecule has 0 saturated carbocycles. The molecular formula is C17H27NO5S. The maximum absolute atomic E-state index is 12.6. The van der Waals surface area contributed by atoms with Gasteiger partial charge in [-0.2, -0.15) is 8.42 Å². The molecule has 0 aliphatic rings. The third kappa shape index (κ3) is 7.79. The molecule has 0 bridgehead atoms. The van der Waals surface area contributed by atoms with Crippen LogP contribution in [0.1, 0.15) is 32.8 Å². The molecule has 0 radical (unpaired) electrons. The predicted octanol–water partition coefficient (Wildman–Crippen LogP) is 2.44. The summed E-state index contributed by atoms with van der Waals surface area (Å²) in [5.74, 6) is 0.236. The second-order valence-electron chi connectivity index (χ2n) is 6.94. The largest absolute Gasteiger partial charge is 0.383 e. The number of rotatable bonds is 8. The van der Waals surface area contributed by atoms with Crippen LogP contribution < -0.4 is 4.18 Å². The van der Waals surface area contributed by atoms with Crippen molar-refractivity contribution in [3.05, 3.63) is 29.8 Å². The molecule has 0 unspecified atom stereocenters. The van der Waals surface area contributed by atoms with Gasteiger partial charge in [-0.1, -0.05) is 39.0 Å². The highest BCUT2D eigenvalue weighted by Crippen LogP contribution is 2.24. The fourth-order valence-corrected chi connectivity index (χ4v) is 2.63. The van der Waals surface area contributed by atoms with Crippen molar-refractivity contribution in [1.29, 1.82) is 0 Å². The van der Waals surface area contributed by atoms with Crippen molar-refractivity contribution < 1.29 is 22.1 Å². The maximum Gasteiger partial charge on any atom is 0.306 e. The minimum Gasteiger partial charge on any atom is -0.383 e. The standard InChI is InChI=1S/C17H27NO5S/c1-17(2,3)12-16(19)18(10-11-22-4)13-14-8-6-7-9-15(14)23-24(5,20)21/h6-9H,10-13H2,1-5H3. The van der Waals surface area contributed by atoms with Crippen LogP contribution >= 0.6 is 0 Å². The summed E-state index contributed by atoms with van der Waals surface area (Å²) in [4.78, 5) is 14.2. The lowest BCUT2D eigenvalue weighted by Crippen LogP contribution is -2.35. The minimum absolute atomic E-state index is 0.00583. The SMILES string of the molecule is COCCN(Cc1ccccc1OS(C)(=O)=O)C(=O)CC(C)(C)C. The van der Waals surface area contributed by atoms with Gasteiger partial charge in [0.1, 0.15) is 5.75 Å². The first kappa shape index (κ1) is 20.4. The molecule has 1 rings (SSSR count). The van der Waals surface area contributed by atoms with E-state index < -0.39 is 10.1 Å². The van der Waals surface area contributed by atoms with Gasteiger partial charge in [0, 0.05) is 32.2 Å². The Kier molecular flexibility index (Phi) is 7.23. The number of carbonyl (C=O) groups excluding carboxylic acids is 1. The molecule has 0 fully saturated rings. The quantitative estimate of drug-likeness (QED) is 0.668. The average molecular weight is 357 g/mol. The first-order valence-corrected chi connectivity index (χ1v) is 9.57. The summed E-state index contributed by atoms with van der Waals surface area (Å²) in [6.07, 6.45) is 1.39. The zero-order valence-corrected chi connectivity index (χ0v) is 15.9. The van der Waals surface area contributed by atoms with Gasteiger partial charge in [-0.25, -0.2) is 0 Å². The second-order valence-corrected chi connectivity index (χ2v) is 8.52. The van der Waals surface area contributed by atoms with E-state index in [0.717, 1.165) is 6.26 Å². The number of hydrogen-bond donors (Lipinski definition) is 0. The van der Waals surface area contributed by atoms with Crippen molar-refractivity contribution >= 4 is 16.0 Å². The van der Waals surface area contributed by atoms with Crippen molar-refractivity contribution in [3.8, 4) is 5.75 Å². The molecule has 1 aromatic rings. The normalized spacial score (nSPS) is 12.0. The fourth-order valence-electron chi connectivity index (χ4n) is 2.14. The van der Waals surface area contributed by atoms with Gasteiger partial charge >= 0.3 is 10.1 Å². The van der Waals surface area contributed by atoms with E-state index in [-0.39, 0.29) is 23.6 Å². The Bertz CT molecular complexity index is 649. The van der Waals surface area contributed by atoms with Crippen molar-refractivity contribution in [2.45, 2.75) is 33.7 Å². The van der Waals surface area contributed by atoms with E-state index in [9.17, 15) is 13.2 Å². The average Bonchev–Trinajstić information content (AvgIpc) is 2.41. The number of nitrogens with zero attached hydrogens (tertiary/aromatic N) is 1. The van der Waals surface area contributed by atoms with Crippen LogP contribution in [0, 0.1) is 5.41 Å². The summed E-state index contributed by atoms with van der Waals surface area (Å²) in [6, 6.07) is 6.82. The van der Waals surface area contributed by atoms with Crippen LogP contribution in [0.15, 0.2) is 24.3 Å². The Morgan fingerprint density at radius 1 is 1.21 bits per heavy atom. The molecule has 1 aromatic carbocycles. The number of para-hydroxylation sites is 1. The van der Waals surface area contributed by atoms with E-state index in [4.69, 9.17) is 8.92 Å². The number of methoxy groups -OCH3 is 1. The molecule has 0 aliphatic carbocycles. The molecule has 0 spiro atoms. The Morgan fingerprint density at radius 3 is 2.38 bits per heavy atom. The number of hydrogen-bond acceptors (Lipinski definition) is 5. The summed E-state index contributed by atoms with van der Waals surface area (Å²) < 4.78 is 32.9. The Balaban J connectivity index is 3.00. The van der Waals surface area contributed by atoms with Crippen molar-refractivity contribution in [1.82, 2.24) is 4.90 Å². The summed E-state index contributed by atoms with van der Waals surface area (Å²) in [5.41, 5.74) is 0.506. The van der Waals surface area contributed by atoms with E-state index >= 15 is 0 Å². The van der Waals surface area contributed by atoms with Crippen molar-refractivity contribution in [3.63, 3.8) is 0 Å². The summed E-state index contributed by atoms with van der Waals surface area (Å²) in [6.45, 7) is 7.11. The molecule has 0 atom stereocenters. The van der Waals surface area contributed by atoms with E-state index in [2.05, 4.69) is 0 Å². The number of amides is 1. The molecule has 6 nitrogen and oxygen atoms in total. The highest BCUT2D eigenvalue weighted by atomic mass is 32.2. The van der Waals surface area contributed by atoms with Gasteiger partial charge in [-0.3, -0.25) is 4.79 Å². The van der Waals surface area contributed by atoms with Crippen LogP contribution in [-0.4, -0.2) is 45.7 Å². The summed E-state index contributed by atoms with van der Waals surface area (Å²) in [5, 5.41) is 0. The van der Waals surface area contributed by atoms with E-state index in [1.54, 1.807) is 36.3 Å². The smallest absolute Gasteiger partial charge is 0.306 e. The second kappa shape index (κ2) is 8.48. The van der Waals surface area contributed by atoms with Gasteiger partial charge in [-0.05, 0) is 11.5 Å². The number of carbonyl (C=O) groups is 1. The van der Waals surface area contributed by atoms with Gasteiger partial charge in [0.05, 0.1) is 12.9 Å². The minimum atomic E-state index is -3.63. The summed E-state index contributed by atoms with van der Waals surface area (Å²) >= 11 is 0. The third-order valence-corrected chi connectivity index (χ3v) is 3.66. The van der Waals surface area contributed by atoms with Crippen LogP contribution in [0.5, 0.6) is 5.75 Å². The van der Waals surface area contributed by atoms with Crippen molar-refractivity contribution in [2.24, 2.45) is 5.41 Å². The molecule has 0 aromatic heterocycles. The molecule has 0 saturated heterocycles. The topological polar surface area (TPSA) is 72.9 Å².